The number of hydrogen-bond donors (Lipinski definition) is 2. The number of nitrogens with two attached hydrogens (primary N) is 1. The number of hydrogen-bond acceptors (Lipinski definition) is 8. The Kier molecular flexibility index (Phi) is 5.69. The molecule has 1 heterocycles. The van der Waals surface area contributed by atoms with E-state index in [4.69, 9.17) is 10.5 Å². The summed E-state index contributed by atoms with van der Waals surface area (Å²) in [5, 5.41) is 3.06. The van der Waals surface area contributed by atoms with Crippen molar-refractivity contribution < 1.29 is 9.53 Å². The molecule has 1 aromatic heterocycles. The molecule has 0 radical (unpaired) electrons. The molecule has 0 fully saturated rings. The number of nitrogen functional groups attached to an aromatic ring is 1. The Hall–Kier alpha value is -3.68. The van der Waals surface area contributed by atoms with E-state index >= 15 is 0 Å². The normalized spacial score (nSPS) is 10.4. The van der Waals surface area contributed by atoms with E-state index in [0.29, 0.717) is 5.56 Å². The fourth-order valence-electron chi connectivity index (χ4n) is 2.43. The highest BCUT2D eigenvalue weighted by molar-refractivity contribution is 5.89. The lowest BCUT2D eigenvalue weighted by molar-refractivity contribution is 0.0462. The molecule has 8 nitrogen and oxygen atoms in total. The molecule has 2 aromatic carbocycles. The van der Waals surface area contributed by atoms with Crippen LogP contribution in [-0.2, 0) is 11.3 Å². The average Bonchev–Trinajstić information content (AvgIpc) is 2.67. The maximum absolute atomic E-state index is 12.2. The zero-order valence-electron chi connectivity index (χ0n) is 16.0. The lowest BCUT2D eigenvalue weighted by Gasteiger charge is -2.12. The van der Waals surface area contributed by atoms with Gasteiger partial charge in [-0.15, -0.1) is 0 Å². The van der Waals surface area contributed by atoms with Gasteiger partial charge in [-0.3, -0.25) is 0 Å². The quantitative estimate of drug-likeness (QED) is 0.631. The third-order valence-corrected chi connectivity index (χ3v) is 3.96. The molecule has 0 saturated heterocycles. The van der Waals surface area contributed by atoms with Gasteiger partial charge in [0.05, 0.1) is 5.56 Å². The summed E-state index contributed by atoms with van der Waals surface area (Å²) in [6, 6.07) is 14.9. The SMILES string of the molecule is Cc1ccc(Nc2nc(N)nc(COC(=O)c3ccc(N(C)C)cc3)n2)cc1. The lowest BCUT2D eigenvalue weighted by atomic mass is 10.2. The standard InChI is InChI=1S/C20H22N6O2/c1-13-4-8-15(9-5-13)22-20-24-17(23-19(21)25-20)12-28-18(27)14-6-10-16(11-7-14)26(2)3/h4-11H,12H2,1-3H3,(H3,21,22,23,24,25). The predicted molar refractivity (Wildman–Crippen MR) is 109 cm³/mol. The largest absolute Gasteiger partial charge is 0.454 e. The number of rotatable bonds is 6. The first-order valence-corrected chi connectivity index (χ1v) is 8.69. The molecule has 0 unspecified atom stereocenters. The van der Waals surface area contributed by atoms with Crippen LogP contribution in [0.5, 0.6) is 0 Å². The summed E-state index contributed by atoms with van der Waals surface area (Å²) in [6.07, 6.45) is 0. The molecule has 0 bridgehead atoms. The Morgan fingerprint density at radius 2 is 1.71 bits per heavy atom. The van der Waals surface area contributed by atoms with Gasteiger partial charge in [-0.25, -0.2) is 4.79 Å². The number of aryl methyl sites for hydroxylation is 1. The van der Waals surface area contributed by atoms with Crippen LogP contribution in [0.4, 0.5) is 23.3 Å². The zero-order valence-corrected chi connectivity index (χ0v) is 16.0. The summed E-state index contributed by atoms with van der Waals surface area (Å²) in [7, 11) is 3.86. The fraction of sp³-hybridized carbons (Fsp3) is 0.200. The van der Waals surface area contributed by atoms with Crippen LogP contribution in [0, 0.1) is 6.92 Å². The number of ether oxygens (including phenoxy) is 1. The van der Waals surface area contributed by atoms with E-state index in [0.717, 1.165) is 16.9 Å². The molecule has 3 rings (SSSR count). The van der Waals surface area contributed by atoms with Crippen LogP contribution in [0.3, 0.4) is 0 Å². The molecule has 8 heteroatoms. The number of esters is 1. The fourth-order valence-corrected chi connectivity index (χ4v) is 2.43. The van der Waals surface area contributed by atoms with Crippen LogP contribution in [-0.4, -0.2) is 35.0 Å². The predicted octanol–water partition coefficient (Wildman–Crippen LogP) is 2.93. The lowest BCUT2D eigenvalue weighted by Crippen LogP contribution is -2.12. The van der Waals surface area contributed by atoms with E-state index in [1.165, 1.54) is 0 Å². The van der Waals surface area contributed by atoms with E-state index in [1.807, 2.05) is 62.3 Å². The minimum Gasteiger partial charge on any atom is -0.454 e. The maximum Gasteiger partial charge on any atom is 0.338 e. The minimum absolute atomic E-state index is 0.0472. The first-order valence-electron chi connectivity index (χ1n) is 8.69. The summed E-state index contributed by atoms with van der Waals surface area (Å²) in [5.74, 6) is 0.140. The van der Waals surface area contributed by atoms with Gasteiger partial charge >= 0.3 is 5.97 Å². The van der Waals surface area contributed by atoms with Crippen molar-refractivity contribution in [2.45, 2.75) is 13.5 Å². The molecule has 0 aliphatic heterocycles. The van der Waals surface area contributed by atoms with Crippen molar-refractivity contribution in [1.29, 1.82) is 0 Å². The molecule has 0 aliphatic carbocycles. The zero-order chi connectivity index (χ0) is 20.1. The average molecular weight is 378 g/mol. The number of carbonyl (C=O) groups is 1. The molecule has 3 aromatic rings. The van der Waals surface area contributed by atoms with Gasteiger partial charge in [0, 0.05) is 25.5 Å². The molecule has 144 valence electrons. The number of nitrogens with zero attached hydrogens (tertiary/aromatic N) is 4. The smallest absolute Gasteiger partial charge is 0.338 e. The van der Waals surface area contributed by atoms with Gasteiger partial charge in [0.1, 0.15) is 0 Å². The highest BCUT2D eigenvalue weighted by atomic mass is 16.5. The van der Waals surface area contributed by atoms with Gasteiger partial charge in [0.25, 0.3) is 0 Å². The third-order valence-electron chi connectivity index (χ3n) is 3.96. The van der Waals surface area contributed by atoms with Crippen LogP contribution < -0.4 is 16.0 Å². The van der Waals surface area contributed by atoms with Gasteiger partial charge in [-0.2, -0.15) is 15.0 Å². The number of anilines is 4. The molecule has 0 aliphatic rings. The van der Waals surface area contributed by atoms with E-state index in [-0.39, 0.29) is 24.3 Å². The molecule has 0 saturated carbocycles. The summed E-state index contributed by atoms with van der Waals surface area (Å²) in [4.78, 5) is 26.5. The van der Waals surface area contributed by atoms with Gasteiger partial charge in [-0.05, 0) is 43.3 Å². The third kappa shape index (κ3) is 4.94. The number of carbonyl (C=O) groups excluding carboxylic acids is 1. The van der Waals surface area contributed by atoms with Crippen molar-refractivity contribution in [3.63, 3.8) is 0 Å². The van der Waals surface area contributed by atoms with Crippen LogP contribution in [0.1, 0.15) is 21.7 Å². The summed E-state index contributed by atoms with van der Waals surface area (Å²) < 4.78 is 5.30. The van der Waals surface area contributed by atoms with Crippen LogP contribution in [0.15, 0.2) is 48.5 Å². The first kappa shape index (κ1) is 19.1. The van der Waals surface area contributed by atoms with E-state index in [9.17, 15) is 4.79 Å². The molecule has 28 heavy (non-hydrogen) atoms. The van der Waals surface area contributed by atoms with Crippen molar-refractivity contribution in [3.8, 4) is 0 Å². The van der Waals surface area contributed by atoms with Crippen molar-refractivity contribution in [1.82, 2.24) is 15.0 Å². The van der Waals surface area contributed by atoms with E-state index in [2.05, 4.69) is 20.3 Å². The Morgan fingerprint density at radius 1 is 1.04 bits per heavy atom. The van der Waals surface area contributed by atoms with E-state index < -0.39 is 5.97 Å². The van der Waals surface area contributed by atoms with Crippen LogP contribution >= 0.6 is 0 Å². The molecular weight excluding hydrogens is 356 g/mol. The molecule has 0 amide bonds. The minimum atomic E-state index is -0.461. The summed E-state index contributed by atoms with van der Waals surface area (Å²) >= 11 is 0. The second-order valence-corrected chi connectivity index (χ2v) is 6.44. The van der Waals surface area contributed by atoms with E-state index in [1.54, 1.807) is 12.1 Å². The highest BCUT2D eigenvalue weighted by Gasteiger charge is 2.11. The maximum atomic E-state index is 12.2. The number of aromatic nitrogens is 3. The van der Waals surface area contributed by atoms with Crippen molar-refractivity contribution >= 4 is 29.2 Å². The highest BCUT2D eigenvalue weighted by Crippen LogP contribution is 2.16. The van der Waals surface area contributed by atoms with Gasteiger partial charge < -0.3 is 20.7 Å². The topological polar surface area (TPSA) is 106 Å². The van der Waals surface area contributed by atoms with Gasteiger partial charge in [-0.1, -0.05) is 17.7 Å². The Bertz CT molecular complexity index is 955. The van der Waals surface area contributed by atoms with Crippen molar-refractivity contribution in [3.05, 3.63) is 65.5 Å². The van der Waals surface area contributed by atoms with Gasteiger partial charge in [0.15, 0.2) is 12.4 Å². The Balaban J connectivity index is 1.66. The number of benzene rings is 2. The molecule has 0 spiro atoms. The molecular formula is C20H22N6O2. The second kappa shape index (κ2) is 8.34. The monoisotopic (exact) mass is 378 g/mol. The van der Waals surface area contributed by atoms with Crippen molar-refractivity contribution in [2.24, 2.45) is 0 Å². The first-order chi connectivity index (χ1) is 13.4. The Morgan fingerprint density at radius 3 is 2.36 bits per heavy atom. The van der Waals surface area contributed by atoms with Crippen LogP contribution in [0.25, 0.3) is 0 Å². The second-order valence-electron chi connectivity index (χ2n) is 6.44. The van der Waals surface area contributed by atoms with Crippen molar-refractivity contribution in [2.75, 3.05) is 30.0 Å². The summed E-state index contributed by atoms with van der Waals surface area (Å²) in [6.45, 7) is 1.90. The Labute approximate surface area is 163 Å². The summed E-state index contributed by atoms with van der Waals surface area (Å²) in [5.41, 5.74) is 9.16. The van der Waals surface area contributed by atoms with Crippen LogP contribution in [0.2, 0.25) is 0 Å². The number of nitrogens with one attached hydrogen (secondary N) is 1. The molecule has 0 atom stereocenters. The molecule has 3 N–H and O–H groups in total. The van der Waals surface area contributed by atoms with Gasteiger partial charge in [0.2, 0.25) is 11.9 Å².